The summed E-state index contributed by atoms with van der Waals surface area (Å²) in [5, 5.41) is 8.98. The number of anilines is 1. The first-order valence-electron chi connectivity index (χ1n) is 7.52. The second kappa shape index (κ2) is 8.76. The average molecular weight is 326 g/mol. The second-order valence-electron chi connectivity index (χ2n) is 5.43. The van der Waals surface area contributed by atoms with Crippen molar-refractivity contribution in [3.63, 3.8) is 0 Å². The van der Waals surface area contributed by atoms with Crippen LogP contribution in [0.15, 0.2) is 18.2 Å². The molecule has 0 aliphatic carbocycles. The number of rotatable bonds is 5. The van der Waals surface area contributed by atoms with Crippen LogP contribution in [-0.2, 0) is 4.79 Å². The molecule has 0 radical (unpaired) electrons. The van der Waals surface area contributed by atoms with Crippen LogP contribution in [0, 0.1) is 6.92 Å². The van der Waals surface area contributed by atoms with Crippen LogP contribution in [0.25, 0.3) is 0 Å². The third kappa shape index (κ3) is 5.00. The van der Waals surface area contributed by atoms with Crippen LogP contribution in [0.2, 0.25) is 0 Å². The highest BCUT2D eigenvalue weighted by atomic mass is 35.5. The minimum absolute atomic E-state index is 0. The summed E-state index contributed by atoms with van der Waals surface area (Å²) in [4.78, 5) is 23.9. The van der Waals surface area contributed by atoms with Gasteiger partial charge >= 0.3 is 0 Å². The van der Waals surface area contributed by atoms with E-state index in [1.807, 2.05) is 19.9 Å². The monoisotopic (exact) mass is 325 g/mol. The second-order valence-corrected chi connectivity index (χ2v) is 5.43. The maximum atomic E-state index is 12.1. The Balaban J connectivity index is 0.00000242. The number of amides is 2. The summed E-state index contributed by atoms with van der Waals surface area (Å²) in [6.45, 7) is 5.37. The van der Waals surface area contributed by atoms with Crippen LogP contribution in [0.3, 0.4) is 0 Å². The largest absolute Gasteiger partial charge is 0.352 e. The lowest BCUT2D eigenvalue weighted by atomic mass is 10.1. The molecule has 2 amide bonds. The molecule has 1 saturated heterocycles. The van der Waals surface area contributed by atoms with Gasteiger partial charge in [0.1, 0.15) is 0 Å². The summed E-state index contributed by atoms with van der Waals surface area (Å²) in [5.74, 6) is -0.129. The zero-order chi connectivity index (χ0) is 15.2. The van der Waals surface area contributed by atoms with E-state index in [-0.39, 0.29) is 30.3 Å². The zero-order valence-corrected chi connectivity index (χ0v) is 13.9. The number of aryl methyl sites for hydroxylation is 1. The molecule has 1 heterocycles. The Kier molecular flexibility index (Phi) is 7.35. The summed E-state index contributed by atoms with van der Waals surface area (Å²) in [7, 11) is 0. The number of carbonyl (C=O) groups is 2. The molecule has 1 aromatic carbocycles. The van der Waals surface area contributed by atoms with Crippen molar-refractivity contribution >= 4 is 29.9 Å². The molecule has 1 fully saturated rings. The van der Waals surface area contributed by atoms with Crippen molar-refractivity contribution in [2.75, 3.05) is 18.4 Å². The maximum Gasteiger partial charge on any atom is 0.251 e. The predicted molar refractivity (Wildman–Crippen MR) is 90.7 cm³/mol. The quantitative estimate of drug-likeness (QED) is 0.777. The van der Waals surface area contributed by atoms with Crippen LogP contribution in [0.1, 0.15) is 42.1 Å². The highest BCUT2D eigenvalue weighted by molar-refractivity contribution is 5.97. The normalized spacial score (nSPS) is 16.7. The molecule has 1 aliphatic rings. The Morgan fingerprint density at radius 3 is 2.77 bits per heavy atom. The van der Waals surface area contributed by atoms with E-state index in [0.717, 1.165) is 24.9 Å². The molecule has 1 aliphatic heterocycles. The van der Waals surface area contributed by atoms with Gasteiger partial charge in [0.25, 0.3) is 5.91 Å². The van der Waals surface area contributed by atoms with Gasteiger partial charge in [-0.15, -0.1) is 12.4 Å². The average Bonchev–Trinajstić information content (AvgIpc) is 2.94. The van der Waals surface area contributed by atoms with Crippen LogP contribution >= 0.6 is 12.4 Å². The minimum Gasteiger partial charge on any atom is -0.352 e. The lowest BCUT2D eigenvalue weighted by Crippen LogP contribution is -2.28. The van der Waals surface area contributed by atoms with E-state index in [1.165, 1.54) is 0 Å². The number of halogens is 1. The molecule has 1 aromatic rings. The van der Waals surface area contributed by atoms with Gasteiger partial charge < -0.3 is 16.0 Å². The van der Waals surface area contributed by atoms with Gasteiger partial charge in [0.05, 0.1) is 0 Å². The van der Waals surface area contributed by atoms with E-state index >= 15 is 0 Å². The highest BCUT2D eigenvalue weighted by Crippen LogP contribution is 2.18. The van der Waals surface area contributed by atoms with Gasteiger partial charge in [-0.1, -0.05) is 6.07 Å². The first-order chi connectivity index (χ1) is 10.1. The third-order valence-electron chi connectivity index (χ3n) is 3.71. The van der Waals surface area contributed by atoms with E-state index in [9.17, 15) is 9.59 Å². The van der Waals surface area contributed by atoms with Gasteiger partial charge in [0.15, 0.2) is 0 Å². The maximum absolute atomic E-state index is 12.1. The van der Waals surface area contributed by atoms with E-state index in [1.54, 1.807) is 12.1 Å². The summed E-state index contributed by atoms with van der Waals surface area (Å²) in [6.07, 6.45) is 2.65. The summed E-state index contributed by atoms with van der Waals surface area (Å²) in [6, 6.07) is 5.64. The molecule has 0 spiro atoms. The van der Waals surface area contributed by atoms with Crippen LogP contribution in [0.5, 0.6) is 0 Å². The molecule has 22 heavy (non-hydrogen) atoms. The number of nitrogens with one attached hydrogen (secondary N) is 3. The first kappa shape index (κ1) is 18.5. The Bertz CT molecular complexity index is 528. The van der Waals surface area contributed by atoms with Gasteiger partial charge in [-0.3, -0.25) is 9.59 Å². The highest BCUT2D eigenvalue weighted by Gasteiger charge is 2.18. The van der Waals surface area contributed by atoms with Crippen molar-refractivity contribution < 1.29 is 9.59 Å². The standard InChI is InChI=1S/C16H23N3O2.ClH/c1-3-17-16(21)12-7-6-11(2)14(9-12)19-15(20)10-13-5-4-8-18-13;/h6-7,9,13,18H,3-5,8,10H2,1-2H3,(H,17,21)(H,19,20);1H. The number of hydrogen-bond acceptors (Lipinski definition) is 3. The number of hydrogen-bond donors (Lipinski definition) is 3. The lowest BCUT2D eigenvalue weighted by Gasteiger charge is -2.13. The molecule has 2 rings (SSSR count). The molecular weight excluding hydrogens is 302 g/mol. The topological polar surface area (TPSA) is 70.2 Å². The predicted octanol–water partition coefficient (Wildman–Crippen LogP) is 2.25. The molecule has 3 N–H and O–H groups in total. The van der Waals surface area contributed by atoms with Crippen molar-refractivity contribution in [1.82, 2.24) is 10.6 Å². The number of carbonyl (C=O) groups excluding carboxylic acids is 2. The van der Waals surface area contributed by atoms with Gasteiger partial charge in [-0.2, -0.15) is 0 Å². The SMILES string of the molecule is CCNC(=O)c1ccc(C)c(NC(=O)CC2CCCN2)c1.Cl. The smallest absolute Gasteiger partial charge is 0.251 e. The van der Waals surface area contributed by atoms with E-state index in [2.05, 4.69) is 16.0 Å². The van der Waals surface area contributed by atoms with Crippen molar-refractivity contribution in [3.8, 4) is 0 Å². The fourth-order valence-corrected chi connectivity index (χ4v) is 2.52. The van der Waals surface area contributed by atoms with Gasteiger partial charge in [-0.05, 0) is 50.9 Å². The van der Waals surface area contributed by atoms with Crippen molar-refractivity contribution in [2.24, 2.45) is 0 Å². The number of benzene rings is 1. The summed E-state index contributed by atoms with van der Waals surface area (Å²) < 4.78 is 0. The van der Waals surface area contributed by atoms with Crippen molar-refractivity contribution in [3.05, 3.63) is 29.3 Å². The van der Waals surface area contributed by atoms with E-state index in [4.69, 9.17) is 0 Å². The Labute approximate surface area is 137 Å². The fourth-order valence-electron chi connectivity index (χ4n) is 2.52. The molecule has 0 saturated carbocycles. The van der Waals surface area contributed by atoms with Crippen LogP contribution in [-0.4, -0.2) is 30.9 Å². The van der Waals surface area contributed by atoms with Crippen molar-refractivity contribution in [1.29, 1.82) is 0 Å². The lowest BCUT2D eigenvalue weighted by molar-refractivity contribution is -0.116. The third-order valence-corrected chi connectivity index (χ3v) is 3.71. The molecule has 122 valence electrons. The van der Waals surface area contributed by atoms with Crippen LogP contribution < -0.4 is 16.0 Å². The molecule has 6 heteroatoms. The van der Waals surface area contributed by atoms with E-state index < -0.39 is 0 Å². The van der Waals surface area contributed by atoms with Crippen molar-refractivity contribution in [2.45, 2.75) is 39.2 Å². The van der Waals surface area contributed by atoms with Gasteiger partial charge in [0, 0.05) is 30.3 Å². The molecular formula is C16H24ClN3O2. The van der Waals surface area contributed by atoms with E-state index in [0.29, 0.717) is 24.2 Å². The van der Waals surface area contributed by atoms with Gasteiger partial charge in [-0.25, -0.2) is 0 Å². The summed E-state index contributed by atoms with van der Waals surface area (Å²) in [5.41, 5.74) is 2.23. The molecule has 1 atom stereocenters. The summed E-state index contributed by atoms with van der Waals surface area (Å²) >= 11 is 0. The molecule has 1 unspecified atom stereocenters. The Hall–Kier alpha value is -1.59. The Morgan fingerprint density at radius 2 is 2.14 bits per heavy atom. The fraction of sp³-hybridized carbons (Fsp3) is 0.500. The first-order valence-corrected chi connectivity index (χ1v) is 7.52. The van der Waals surface area contributed by atoms with Gasteiger partial charge in [0.2, 0.25) is 5.91 Å². The Morgan fingerprint density at radius 1 is 1.36 bits per heavy atom. The molecule has 5 nitrogen and oxygen atoms in total. The molecule has 0 bridgehead atoms. The molecule has 0 aromatic heterocycles. The minimum atomic E-state index is -0.120. The zero-order valence-electron chi connectivity index (χ0n) is 13.1. The van der Waals surface area contributed by atoms with Crippen LogP contribution in [0.4, 0.5) is 5.69 Å².